The summed E-state index contributed by atoms with van der Waals surface area (Å²) >= 11 is 12.1. The van der Waals surface area contributed by atoms with E-state index in [1.165, 1.54) is 24.4 Å². The van der Waals surface area contributed by atoms with Crippen molar-refractivity contribution in [2.45, 2.75) is 25.5 Å². The van der Waals surface area contributed by atoms with Crippen molar-refractivity contribution < 1.29 is 28.6 Å². The van der Waals surface area contributed by atoms with E-state index in [1.54, 1.807) is 43.3 Å². The third kappa shape index (κ3) is 8.20. The van der Waals surface area contributed by atoms with E-state index in [4.69, 9.17) is 37.5 Å². The molecule has 0 aliphatic heterocycles. The SMILES string of the molecule is C[C@@H](Oc1ccc(Cl)cc1Cl)C(=O)N[C@@H](Cc1ccccc1)C(=O)N/N=C\c1ccc(-c2ccc(C(=O)O)cc2)o1. The number of hydrogen-bond donors (Lipinski definition) is 3. The van der Waals surface area contributed by atoms with Gasteiger partial charge in [0.15, 0.2) is 6.10 Å². The van der Waals surface area contributed by atoms with Gasteiger partial charge < -0.3 is 19.6 Å². The van der Waals surface area contributed by atoms with Gasteiger partial charge in [-0.3, -0.25) is 9.59 Å². The molecular formula is C30H25Cl2N3O6. The first-order valence-corrected chi connectivity index (χ1v) is 13.2. The highest BCUT2D eigenvalue weighted by Crippen LogP contribution is 2.28. The van der Waals surface area contributed by atoms with Gasteiger partial charge in [-0.15, -0.1) is 0 Å². The minimum absolute atomic E-state index is 0.164. The van der Waals surface area contributed by atoms with Crippen LogP contribution in [0.3, 0.4) is 0 Å². The van der Waals surface area contributed by atoms with Crippen LogP contribution in [0.2, 0.25) is 10.0 Å². The van der Waals surface area contributed by atoms with E-state index in [0.717, 1.165) is 5.56 Å². The summed E-state index contributed by atoms with van der Waals surface area (Å²) in [6, 6.07) is 22.5. The number of rotatable bonds is 11. The number of carbonyl (C=O) groups excluding carboxylic acids is 2. The second-order valence-corrected chi connectivity index (χ2v) is 9.75. The Labute approximate surface area is 245 Å². The smallest absolute Gasteiger partial charge is 0.335 e. The van der Waals surface area contributed by atoms with Crippen LogP contribution >= 0.6 is 23.2 Å². The van der Waals surface area contributed by atoms with Gasteiger partial charge in [0.2, 0.25) is 0 Å². The highest BCUT2D eigenvalue weighted by molar-refractivity contribution is 6.35. The molecule has 0 aliphatic carbocycles. The summed E-state index contributed by atoms with van der Waals surface area (Å²) in [5, 5.41) is 16.4. The van der Waals surface area contributed by atoms with Gasteiger partial charge in [-0.05, 0) is 55.0 Å². The lowest BCUT2D eigenvalue weighted by atomic mass is 10.1. The number of benzene rings is 3. The molecule has 210 valence electrons. The number of carboxylic acids is 1. The Kier molecular flexibility index (Phi) is 9.78. The summed E-state index contributed by atoms with van der Waals surface area (Å²) in [6.45, 7) is 1.54. The van der Waals surface area contributed by atoms with Crippen LogP contribution in [0.5, 0.6) is 5.75 Å². The minimum Gasteiger partial charge on any atom is -0.479 e. The number of nitrogens with one attached hydrogen (secondary N) is 2. The third-order valence-corrected chi connectivity index (χ3v) is 6.42. The molecule has 1 aromatic heterocycles. The lowest BCUT2D eigenvalue weighted by Gasteiger charge is -2.21. The molecule has 1 heterocycles. The molecule has 41 heavy (non-hydrogen) atoms. The van der Waals surface area contributed by atoms with Gasteiger partial charge in [0.25, 0.3) is 11.8 Å². The molecule has 3 N–H and O–H groups in total. The van der Waals surface area contributed by atoms with Gasteiger partial charge in [-0.2, -0.15) is 5.10 Å². The van der Waals surface area contributed by atoms with Crippen molar-refractivity contribution >= 4 is 47.2 Å². The summed E-state index contributed by atoms with van der Waals surface area (Å²) in [7, 11) is 0. The Morgan fingerprint density at radius 3 is 2.39 bits per heavy atom. The fraction of sp³-hybridized carbons (Fsp3) is 0.133. The number of hydrazone groups is 1. The zero-order chi connectivity index (χ0) is 29.4. The molecule has 0 saturated heterocycles. The van der Waals surface area contributed by atoms with E-state index in [1.807, 2.05) is 30.3 Å². The Morgan fingerprint density at radius 1 is 0.976 bits per heavy atom. The maximum Gasteiger partial charge on any atom is 0.335 e. The maximum absolute atomic E-state index is 13.1. The second kappa shape index (κ2) is 13.6. The molecule has 0 bridgehead atoms. The molecule has 4 aromatic rings. The molecule has 11 heteroatoms. The number of nitrogens with zero attached hydrogens (tertiary/aromatic N) is 1. The van der Waals surface area contributed by atoms with Gasteiger partial charge >= 0.3 is 5.97 Å². The predicted octanol–water partition coefficient (Wildman–Crippen LogP) is 5.60. The second-order valence-electron chi connectivity index (χ2n) is 8.90. The number of furan rings is 1. The lowest BCUT2D eigenvalue weighted by molar-refractivity contribution is -0.132. The van der Waals surface area contributed by atoms with Crippen molar-refractivity contribution in [3.05, 3.63) is 112 Å². The summed E-state index contributed by atoms with van der Waals surface area (Å²) in [6.07, 6.45) is 0.566. The number of aromatic carboxylic acids is 1. The standard InChI is InChI=1S/C30H25Cl2N3O6/c1-18(40-27-13-11-22(31)16-24(27)32)28(36)34-25(15-19-5-3-2-4-6-19)29(37)35-33-17-23-12-14-26(41-23)20-7-9-21(10-8-20)30(38)39/h2-14,16-18,25H,15H2,1H3,(H,34,36)(H,35,37)(H,38,39)/b33-17-/t18-,25+/m1/s1. The topological polar surface area (TPSA) is 130 Å². The van der Waals surface area contributed by atoms with Crippen LogP contribution in [-0.4, -0.2) is 41.3 Å². The van der Waals surface area contributed by atoms with Crippen LogP contribution in [0.25, 0.3) is 11.3 Å². The highest BCUT2D eigenvalue weighted by atomic mass is 35.5. The average molecular weight is 594 g/mol. The van der Waals surface area contributed by atoms with E-state index in [-0.39, 0.29) is 22.8 Å². The van der Waals surface area contributed by atoms with Crippen LogP contribution in [-0.2, 0) is 16.0 Å². The van der Waals surface area contributed by atoms with Gasteiger partial charge in [-0.25, -0.2) is 10.2 Å². The average Bonchev–Trinajstić information content (AvgIpc) is 3.43. The molecule has 0 aliphatic rings. The minimum atomic E-state index is -1.02. The maximum atomic E-state index is 13.1. The first-order chi connectivity index (χ1) is 19.7. The fourth-order valence-electron chi connectivity index (χ4n) is 3.75. The van der Waals surface area contributed by atoms with Crippen molar-refractivity contribution in [1.29, 1.82) is 0 Å². The number of ether oxygens (including phenoxy) is 1. The van der Waals surface area contributed by atoms with Crippen molar-refractivity contribution in [2.75, 3.05) is 0 Å². The molecule has 2 amide bonds. The molecule has 4 rings (SSSR count). The zero-order valence-electron chi connectivity index (χ0n) is 21.7. The predicted molar refractivity (Wildman–Crippen MR) is 155 cm³/mol. The summed E-state index contributed by atoms with van der Waals surface area (Å²) in [5.74, 6) is -0.962. The summed E-state index contributed by atoms with van der Waals surface area (Å²) < 4.78 is 11.4. The molecule has 9 nitrogen and oxygen atoms in total. The Hall–Kier alpha value is -4.60. The number of carboxylic acid groups (broad SMARTS) is 1. The van der Waals surface area contributed by atoms with Crippen LogP contribution < -0.4 is 15.5 Å². The largest absolute Gasteiger partial charge is 0.479 e. The highest BCUT2D eigenvalue weighted by Gasteiger charge is 2.25. The molecule has 0 spiro atoms. The van der Waals surface area contributed by atoms with Gasteiger partial charge in [0, 0.05) is 17.0 Å². The Balaban J connectivity index is 1.41. The van der Waals surface area contributed by atoms with Crippen LogP contribution in [0.1, 0.15) is 28.6 Å². The molecule has 0 saturated carbocycles. The van der Waals surface area contributed by atoms with Gasteiger partial charge in [0.05, 0.1) is 16.8 Å². The van der Waals surface area contributed by atoms with Gasteiger partial charge in [-0.1, -0.05) is 65.7 Å². The van der Waals surface area contributed by atoms with Crippen LogP contribution in [0.15, 0.2) is 94.4 Å². The number of halogens is 2. The van der Waals surface area contributed by atoms with Crippen molar-refractivity contribution in [3.8, 4) is 17.1 Å². The first kappa shape index (κ1) is 29.4. The van der Waals surface area contributed by atoms with Gasteiger partial charge in [0.1, 0.15) is 23.3 Å². The monoisotopic (exact) mass is 593 g/mol. The third-order valence-electron chi connectivity index (χ3n) is 5.89. The number of carbonyl (C=O) groups is 3. The quantitative estimate of drug-likeness (QED) is 0.153. The molecule has 2 atom stereocenters. The number of hydrogen-bond acceptors (Lipinski definition) is 6. The van der Waals surface area contributed by atoms with E-state index in [9.17, 15) is 14.4 Å². The zero-order valence-corrected chi connectivity index (χ0v) is 23.2. The molecule has 0 unspecified atom stereocenters. The summed E-state index contributed by atoms with van der Waals surface area (Å²) in [4.78, 5) is 37.1. The molecule has 3 aromatic carbocycles. The van der Waals surface area contributed by atoms with Crippen molar-refractivity contribution in [1.82, 2.24) is 10.7 Å². The lowest BCUT2D eigenvalue weighted by Crippen LogP contribution is -2.50. The van der Waals surface area contributed by atoms with Crippen molar-refractivity contribution in [2.24, 2.45) is 5.10 Å². The Morgan fingerprint density at radius 2 is 1.71 bits per heavy atom. The molecular weight excluding hydrogens is 569 g/mol. The fourth-order valence-corrected chi connectivity index (χ4v) is 4.21. The van der Waals surface area contributed by atoms with E-state index >= 15 is 0 Å². The van der Waals surface area contributed by atoms with E-state index in [0.29, 0.717) is 22.1 Å². The number of amides is 2. The molecule has 0 radical (unpaired) electrons. The summed E-state index contributed by atoms with van der Waals surface area (Å²) in [5.41, 5.74) is 4.12. The van der Waals surface area contributed by atoms with Crippen LogP contribution in [0.4, 0.5) is 0 Å². The molecule has 0 fully saturated rings. The van der Waals surface area contributed by atoms with E-state index < -0.39 is 29.9 Å². The van der Waals surface area contributed by atoms with Crippen LogP contribution in [0, 0.1) is 0 Å². The van der Waals surface area contributed by atoms with Crippen molar-refractivity contribution in [3.63, 3.8) is 0 Å². The normalized spacial score (nSPS) is 12.5. The first-order valence-electron chi connectivity index (χ1n) is 12.4. The Bertz CT molecular complexity index is 1550. The van der Waals surface area contributed by atoms with E-state index in [2.05, 4.69) is 15.8 Å².